The first-order chi connectivity index (χ1) is 11.3. The summed E-state index contributed by atoms with van der Waals surface area (Å²) < 4.78 is 6.40. The Morgan fingerprint density at radius 3 is 2.04 bits per heavy atom. The number of hydrogen-bond donors (Lipinski definition) is 0. The van der Waals surface area contributed by atoms with Crippen LogP contribution in [-0.2, 0) is 0 Å². The zero-order valence-electron chi connectivity index (χ0n) is 13.1. The molecule has 3 aromatic rings. The van der Waals surface area contributed by atoms with E-state index in [1.165, 1.54) is 27.8 Å². The quantitative estimate of drug-likeness (QED) is 0.585. The molecule has 1 unspecified atom stereocenters. The molecule has 1 heterocycles. The number of hydrogen-bond acceptors (Lipinski definition) is 1. The van der Waals surface area contributed by atoms with Crippen molar-refractivity contribution in [3.8, 4) is 5.75 Å². The van der Waals surface area contributed by atoms with Crippen LogP contribution in [0.3, 0.4) is 0 Å². The molecule has 0 N–H and O–H groups in total. The van der Waals surface area contributed by atoms with Crippen molar-refractivity contribution in [3.63, 3.8) is 0 Å². The van der Waals surface area contributed by atoms with E-state index in [4.69, 9.17) is 4.74 Å². The van der Waals surface area contributed by atoms with Crippen molar-refractivity contribution >= 4 is 11.1 Å². The number of ether oxygens (including phenoxy) is 1. The SMILES string of the molecule is CC1=C(c2ccccc2)C(c2ccccc2)Oc2ccccc21. The molecule has 0 aromatic heterocycles. The number of fused-ring (bicyclic) bond motifs is 1. The second-order valence-corrected chi connectivity index (χ2v) is 5.81. The Kier molecular flexibility index (Phi) is 3.47. The van der Waals surface area contributed by atoms with Gasteiger partial charge in [0.05, 0.1) is 0 Å². The highest BCUT2D eigenvalue weighted by atomic mass is 16.5. The summed E-state index contributed by atoms with van der Waals surface area (Å²) in [6.45, 7) is 2.19. The largest absolute Gasteiger partial charge is 0.480 e. The van der Waals surface area contributed by atoms with E-state index in [2.05, 4.69) is 79.7 Å². The summed E-state index contributed by atoms with van der Waals surface area (Å²) in [5, 5.41) is 0. The summed E-state index contributed by atoms with van der Waals surface area (Å²) in [5.74, 6) is 0.957. The molecule has 1 heteroatoms. The Labute approximate surface area is 136 Å². The Bertz CT molecular complexity index is 847. The molecular formula is C22H18O. The fourth-order valence-corrected chi connectivity index (χ4v) is 3.25. The van der Waals surface area contributed by atoms with Crippen LogP contribution in [0.25, 0.3) is 11.1 Å². The van der Waals surface area contributed by atoms with Crippen LogP contribution in [0.1, 0.15) is 29.7 Å². The fourth-order valence-electron chi connectivity index (χ4n) is 3.25. The minimum atomic E-state index is -0.0755. The van der Waals surface area contributed by atoms with Crippen molar-refractivity contribution in [3.05, 3.63) is 102 Å². The van der Waals surface area contributed by atoms with Gasteiger partial charge in [-0.05, 0) is 29.7 Å². The highest BCUT2D eigenvalue weighted by Gasteiger charge is 2.28. The standard InChI is InChI=1S/C22H18O/c1-16-19-14-8-9-15-20(19)23-22(18-12-6-3-7-13-18)21(16)17-10-4-2-5-11-17/h2-15,22H,1H3. The van der Waals surface area contributed by atoms with E-state index in [0.717, 1.165) is 5.75 Å². The summed E-state index contributed by atoms with van der Waals surface area (Å²) in [6, 6.07) is 29.3. The molecule has 112 valence electrons. The van der Waals surface area contributed by atoms with E-state index in [-0.39, 0.29) is 6.10 Å². The van der Waals surface area contributed by atoms with Crippen molar-refractivity contribution in [1.82, 2.24) is 0 Å². The Morgan fingerprint density at radius 1 is 0.696 bits per heavy atom. The van der Waals surface area contributed by atoms with Gasteiger partial charge in [-0.25, -0.2) is 0 Å². The Morgan fingerprint density at radius 2 is 1.30 bits per heavy atom. The summed E-state index contributed by atoms with van der Waals surface area (Å²) >= 11 is 0. The lowest BCUT2D eigenvalue weighted by molar-refractivity contribution is 0.260. The van der Waals surface area contributed by atoms with Gasteiger partial charge in [-0.3, -0.25) is 0 Å². The van der Waals surface area contributed by atoms with Gasteiger partial charge in [0, 0.05) is 11.1 Å². The Balaban J connectivity index is 1.95. The summed E-state index contributed by atoms with van der Waals surface area (Å²) in [4.78, 5) is 0. The normalized spacial score (nSPS) is 16.7. The average molecular weight is 298 g/mol. The van der Waals surface area contributed by atoms with Gasteiger partial charge in [0.1, 0.15) is 11.9 Å². The molecule has 0 spiro atoms. The number of benzene rings is 3. The first-order valence-electron chi connectivity index (χ1n) is 7.92. The molecule has 0 aliphatic carbocycles. The molecule has 0 radical (unpaired) electrons. The molecule has 0 amide bonds. The molecule has 23 heavy (non-hydrogen) atoms. The maximum Gasteiger partial charge on any atom is 0.150 e. The van der Waals surface area contributed by atoms with E-state index in [1.54, 1.807) is 0 Å². The van der Waals surface area contributed by atoms with Gasteiger partial charge in [0.15, 0.2) is 0 Å². The third kappa shape index (κ3) is 2.44. The van der Waals surface area contributed by atoms with Gasteiger partial charge in [0.25, 0.3) is 0 Å². The minimum absolute atomic E-state index is 0.0755. The Hall–Kier alpha value is -2.80. The monoisotopic (exact) mass is 298 g/mol. The lowest BCUT2D eigenvalue weighted by Gasteiger charge is -2.31. The molecule has 0 fully saturated rings. The van der Waals surface area contributed by atoms with E-state index in [1.807, 2.05) is 12.1 Å². The van der Waals surface area contributed by atoms with Crippen molar-refractivity contribution in [2.24, 2.45) is 0 Å². The molecule has 1 nitrogen and oxygen atoms in total. The highest BCUT2D eigenvalue weighted by Crippen LogP contribution is 2.46. The molecule has 1 aliphatic rings. The average Bonchev–Trinajstić information content (AvgIpc) is 2.63. The van der Waals surface area contributed by atoms with Crippen molar-refractivity contribution < 1.29 is 4.74 Å². The van der Waals surface area contributed by atoms with Crippen LogP contribution in [-0.4, -0.2) is 0 Å². The van der Waals surface area contributed by atoms with Gasteiger partial charge in [-0.1, -0.05) is 78.9 Å². The lowest BCUT2D eigenvalue weighted by atomic mass is 9.86. The van der Waals surface area contributed by atoms with Crippen LogP contribution in [0.4, 0.5) is 0 Å². The van der Waals surface area contributed by atoms with Gasteiger partial charge < -0.3 is 4.74 Å². The van der Waals surface area contributed by atoms with E-state index >= 15 is 0 Å². The zero-order chi connectivity index (χ0) is 15.6. The second kappa shape index (κ2) is 5.77. The van der Waals surface area contributed by atoms with Crippen LogP contribution in [0, 0.1) is 0 Å². The zero-order valence-corrected chi connectivity index (χ0v) is 13.1. The van der Waals surface area contributed by atoms with E-state index < -0.39 is 0 Å². The van der Waals surface area contributed by atoms with E-state index in [9.17, 15) is 0 Å². The summed E-state index contributed by atoms with van der Waals surface area (Å²) in [6.07, 6.45) is -0.0755. The third-order valence-corrected chi connectivity index (χ3v) is 4.39. The number of allylic oxidation sites excluding steroid dienone is 1. The molecule has 3 aromatic carbocycles. The number of para-hydroxylation sites is 1. The summed E-state index contributed by atoms with van der Waals surface area (Å²) in [5.41, 5.74) is 6.11. The van der Waals surface area contributed by atoms with Gasteiger partial charge in [-0.15, -0.1) is 0 Å². The van der Waals surface area contributed by atoms with Crippen LogP contribution < -0.4 is 4.74 Å². The molecule has 0 bridgehead atoms. The van der Waals surface area contributed by atoms with Crippen molar-refractivity contribution in [1.29, 1.82) is 0 Å². The van der Waals surface area contributed by atoms with Crippen LogP contribution >= 0.6 is 0 Å². The van der Waals surface area contributed by atoms with E-state index in [0.29, 0.717) is 0 Å². The topological polar surface area (TPSA) is 9.23 Å². The lowest BCUT2D eigenvalue weighted by Crippen LogP contribution is -2.16. The van der Waals surface area contributed by atoms with Gasteiger partial charge >= 0.3 is 0 Å². The predicted octanol–water partition coefficient (Wildman–Crippen LogP) is 5.75. The van der Waals surface area contributed by atoms with Crippen LogP contribution in [0.5, 0.6) is 5.75 Å². The van der Waals surface area contributed by atoms with Crippen LogP contribution in [0.15, 0.2) is 84.9 Å². The molecule has 0 saturated heterocycles. The predicted molar refractivity (Wildman–Crippen MR) is 95.2 cm³/mol. The first-order valence-corrected chi connectivity index (χ1v) is 7.92. The van der Waals surface area contributed by atoms with Crippen LogP contribution in [0.2, 0.25) is 0 Å². The maximum absolute atomic E-state index is 6.40. The highest BCUT2D eigenvalue weighted by molar-refractivity contribution is 5.95. The summed E-state index contributed by atoms with van der Waals surface area (Å²) in [7, 11) is 0. The molecule has 1 aliphatic heterocycles. The molecular weight excluding hydrogens is 280 g/mol. The van der Waals surface area contributed by atoms with Gasteiger partial charge in [0.2, 0.25) is 0 Å². The third-order valence-electron chi connectivity index (χ3n) is 4.39. The van der Waals surface area contributed by atoms with Crippen molar-refractivity contribution in [2.45, 2.75) is 13.0 Å². The minimum Gasteiger partial charge on any atom is -0.480 e. The fraction of sp³-hybridized carbons (Fsp3) is 0.0909. The maximum atomic E-state index is 6.40. The smallest absolute Gasteiger partial charge is 0.150 e. The molecule has 4 rings (SSSR count). The van der Waals surface area contributed by atoms with Crippen molar-refractivity contribution in [2.75, 3.05) is 0 Å². The van der Waals surface area contributed by atoms with Gasteiger partial charge in [-0.2, -0.15) is 0 Å². The number of rotatable bonds is 2. The molecule has 1 atom stereocenters. The second-order valence-electron chi connectivity index (χ2n) is 5.81. The molecule has 0 saturated carbocycles. The first kappa shape index (κ1) is 13.8.